The highest BCUT2D eigenvalue weighted by Crippen LogP contribution is 2.27. The Morgan fingerprint density at radius 3 is 2.62 bits per heavy atom. The number of hydrogen-bond donors (Lipinski definition) is 0. The zero-order valence-electron chi connectivity index (χ0n) is 14.1. The highest BCUT2D eigenvalue weighted by Gasteiger charge is 2.18. The fourth-order valence-electron chi connectivity index (χ4n) is 2.75. The Morgan fingerprint density at radius 2 is 1.96 bits per heavy atom. The van der Waals surface area contributed by atoms with Gasteiger partial charge in [-0.2, -0.15) is 4.99 Å². The van der Waals surface area contributed by atoms with E-state index in [1.807, 2.05) is 35.9 Å². The van der Waals surface area contributed by atoms with Crippen molar-refractivity contribution in [1.82, 2.24) is 9.47 Å². The molecular formula is C17H21N3O3S. The predicted molar refractivity (Wildman–Crippen MR) is 93.3 cm³/mol. The first kappa shape index (κ1) is 16.6. The van der Waals surface area contributed by atoms with Crippen LogP contribution in [0.15, 0.2) is 29.4 Å². The Hall–Kier alpha value is -2.28. The van der Waals surface area contributed by atoms with Crippen LogP contribution < -0.4 is 14.3 Å². The normalized spacial score (nSPS) is 15.0. The second-order valence-electron chi connectivity index (χ2n) is 5.62. The third-order valence-electron chi connectivity index (χ3n) is 3.98. The smallest absolute Gasteiger partial charge is 0.346 e. The van der Waals surface area contributed by atoms with Crippen molar-refractivity contribution in [3.05, 3.63) is 34.1 Å². The van der Waals surface area contributed by atoms with Gasteiger partial charge in [-0.3, -0.25) is 4.57 Å². The Morgan fingerprint density at radius 1 is 1.21 bits per heavy atom. The number of rotatable bonds is 3. The van der Waals surface area contributed by atoms with Gasteiger partial charge < -0.3 is 14.4 Å². The van der Waals surface area contributed by atoms with Gasteiger partial charge in [-0.15, -0.1) is 11.3 Å². The maximum Gasteiger partial charge on any atom is 0.346 e. The van der Waals surface area contributed by atoms with E-state index in [4.69, 9.17) is 9.47 Å². The van der Waals surface area contributed by atoms with E-state index < -0.39 is 0 Å². The number of hydrogen-bond acceptors (Lipinski definition) is 4. The van der Waals surface area contributed by atoms with Crippen molar-refractivity contribution >= 4 is 17.4 Å². The van der Waals surface area contributed by atoms with E-state index in [9.17, 15) is 4.79 Å². The van der Waals surface area contributed by atoms with Crippen LogP contribution in [0.4, 0.5) is 4.79 Å². The van der Waals surface area contributed by atoms with E-state index in [1.165, 1.54) is 11.3 Å². The molecule has 0 bridgehead atoms. The molecule has 0 spiro atoms. The summed E-state index contributed by atoms with van der Waals surface area (Å²) in [6.45, 7) is 3.58. The first-order valence-corrected chi connectivity index (χ1v) is 8.69. The molecule has 0 unspecified atom stereocenters. The highest BCUT2D eigenvalue weighted by molar-refractivity contribution is 7.09. The Balaban J connectivity index is 2.05. The summed E-state index contributed by atoms with van der Waals surface area (Å²) >= 11 is 1.49. The van der Waals surface area contributed by atoms with Gasteiger partial charge in [0.1, 0.15) is 11.5 Å². The van der Waals surface area contributed by atoms with E-state index >= 15 is 0 Å². The maximum absolute atomic E-state index is 12.4. The standard InChI is InChI=1S/C17H21N3O3S/c1-12-11-20(14-7-6-13(22-2)10-15(14)23-3)17(24-12)18-16(21)19-8-4-5-9-19/h6-7,10-11H,4-5,8-9H2,1-3H3/b18-17-. The van der Waals surface area contributed by atoms with Gasteiger partial charge in [0.15, 0.2) is 4.80 Å². The van der Waals surface area contributed by atoms with Gasteiger partial charge in [0.25, 0.3) is 0 Å². The molecule has 128 valence electrons. The van der Waals surface area contributed by atoms with Gasteiger partial charge in [-0.25, -0.2) is 4.79 Å². The molecule has 1 aliphatic rings. The summed E-state index contributed by atoms with van der Waals surface area (Å²) in [5.74, 6) is 1.39. The lowest BCUT2D eigenvalue weighted by Crippen LogP contribution is -2.27. The lowest BCUT2D eigenvalue weighted by atomic mass is 10.2. The van der Waals surface area contributed by atoms with Crippen LogP contribution in [0.5, 0.6) is 11.5 Å². The minimum Gasteiger partial charge on any atom is -0.497 e. The van der Waals surface area contributed by atoms with E-state index in [1.54, 1.807) is 19.1 Å². The molecule has 2 heterocycles. The molecular weight excluding hydrogens is 326 g/mol. The largest absolute Gasteiger partial charge is 0.497 e. The monoisotopic (exact) mass is 347 g/mol. The van der Waals surface area contributed by atoms with Crippen molar-refractivity contribution < 1.29 is 14.3 Å². The van der Waals surface area contributed by atoms with Gasteiger partial charge in [-0.1, -0.05) is 0 Å². The number of aromatic nitrogens is 1. The Labute approximate surface area is 145 Å². The third kappa shape index (κ3) is 3.31. The van der Waals surface area contributed by atoms with Gasteiger partial charge in [0.05, 0.1) is 19.9 Å². The summed E-state index contributed by atoms with van der Waals surface area (Å²) in [5, 5.41) is 0. The lowest BCUT2D eigenvalue weighted by molar-refractivity contribution is 0.218. The first-order valence-electron chi connectivity index (χ1n) is 7.87. The number of methoxy groups -OCH3 is 2. The zero-order valence-corrected chi connectivity index (χ0v) is 14.9. The number of carbonyl (C=O) groups is 1. The van der Waals surface area contributed by atoms with Gasteiger partial charge in [0, 0.05) is 30.2 Å². The number of likely N-dealkylation sites (tertiary alicyclic amines) is 1. The van der Waals surface area contributed by atoms with Crippen LogP contribution in [-0.2, 0) is 0 Å². The molecule has 3 rings (SSSR count). The van der Waals surface area contributed by atoms with Crippen molar-refractivity contribution in [2.75, 3.05) is 27.3 Å². The summed E-state index contributed by atoms with van der Waals surface area (Å²) in [7, 11) is 3.23. The number of amides is 2. The van der Waals surface area contributed by atoms with Crippen molar-refractivity contribution in [2.24, 2.45) is 4.99 Å². The summed E-state index contributed by atoms with van der Waals surface area (Å²) in [6.07, 6.45) is 4.07. The molecule has 0 saturated carbocycles. The molecule has 0 radical (unpaired) electrons. The lowest BCUT2D eigenvalue weighted by Gasteiger charge is -2.12. The predicted octanol–water partition coefficient (Wildman–Crippen LogP) is 2.98. The Bertz CT molecular complexity index is 804. The first-order chi connectivity index (χ1) is 11.6. The van der Waals surface area contributed by atoms with E-state index in [0.29, 0.717) is 10.6 Å². The van der Waals surface area contributed by atoms with Crippen LogP contribution in [0.3, 0.4) is 0 Å². The molecule has 0 atom stereocenters. The third-order valence-corrected chi connectivity index (χ3v) is 4.88. The van der Waals surface area contributed by atoms with Gasteiger partial charge in [-0.05, 0) is 31.9 Å². The topological polar surface area (TPSA) is 56.1 Å². The van der Waals surface area contributed by atoms with Crippen molar-refractivity contribution in [3.8, 4) is 17.2 Å². The molecule has 1 saturated heterocycles. The number of carbonyl (C=O) groups excluding carboxylic acids is 1. The second kappa shape index (κ2) is 7.09. The van der Waals surface area contributed by atoms with Crippen molar-refractivity contribution in [3.63, 3.8) is 0 Å². The summed E-state index contributed by atoms with van der Waals surface area (Å²) in [4.78, 5) is 20.2. The number of aryl methyl sites for hydroxylation is 1. The molecule has 7 heteroatoms. The molecule has 24 heavy (non-hydrogen) atoms. The minimum atomic E-state index is -0.171. The molecule has 2 aromatic rings. The average molecular weight is 347 g/mol. The quantitative estimate of drug-likeness (QED) is 0.858. The number of benzene rings is 1. The molecule has 0 aliphatic carbocycles. The fourth-order valence-corrected chi connectivity index (χ4v) is 3.57. The number of ether oxygens (including phenoxy) is 2. The van der Waals surface area contributed by atoms with Crippen LogP contribution in [-0.4, -0.2) is 42.8 Å². The maximum atomic E-state index is 12.4. The molecule has 2 amide bonds. The number of thiazole rings is 1. The molecule has 1 aromatic heterocycles. The SMILES string of the molecule is COc1ccc(-n2cc(C)s/c2=N\C(=O)N2CCCC2)c(OC)c1. The number of nitrogens with zero attached hydrogens (tertiary/aromatic N) is 3. The van der Waals surface area contributed by atoms with Crippen molar-refractivity contribution in [1.29, 1.82) is 0 Å². The zero-order chi connectivity index (χ0) is 17.1. The van der Waals surface area contributed by atoms with Crippen LogP contribution in [0.1, 0.15) is 17.7 Å². The molecule has 1 fully saturated rings. The van der Waals surface area contributed by atoms with Crippen LogP contribution in [0.2, 0.25) is 0 Å². The van der Waals surface area contributed by atoms with Crippen LogP contribution >= 0.6 is 11.3 Å². The van der Waals surface area contributed by atoms with E-state index in [-0.39, 0.29) is 6.03 Å². The van der Waals surface area contributed by atoms with Gasteiger partial charge in [0.2, 0.25) is 0 Å². The Kier molecular flexibility index (Phi) is 4.89. The number of urea groups is 1. The minimum absolute atomic E-state index is 0.171. The van der Waals surface area contributed by atoms with E-state index in [0.717, 1.165) is 42.2 Å². The molecule has 6 nitrogen and oxygen atoms in total. The van der Waals surface area contributed by atoms with Gasteiger partial charge >= 0.3 is 6.03 Å². The fraction of sp³-hybridized carbons (Fsp3) is 0.412. The molecule has 1 aliphatic heterocycles. The molecule has 0 N–H and O–H groups in total. The highest BCUT2D eigenvalue weighted by atomic mass is 32.1. The van der Waals surface area contributed by atoms with Crippen LogP contribution in [0.25, 0.3) is 5.69 Å². The molecule has 1 aromatic carbocycles. The average Bonchev–Trinajstić information content (AvgIpc) is 3.24. The second-order valence-corrected chi connectivity index (χ2v) is 6.83. The summed E-state index contributed by atoms with van der Waals surface area (Å²) in [5.41, 5.74) is 0.829. The van der Waals surface area contributed by atoms with Crippen molar-refractivity contribution in [2.45, 2.75) is 19.8 Å². The van der Waals surface area contributed by atoms with E-state index in [2.05, 4.69) is 4.99 Å². The summed E-state index contributed by atoms with van der Waals surface area (Å²) in [6, 6.07) is 5.42. The van der Waals surface area contributed by atoms with Crippen LogP contribution in [0, 0.1) is 6.92 Å². The summed E-state index contributed by atoms with van der Waals surface area (Å²) < 4.78 is 12.6.